The van der Waals surface area contributed by atoms with Crippen molar-refractivity contribution in [2.24, 2.45) is 5.41 Å². The van der Waals surface area contributed by atoms with E-state index in [9.17, 15) is 0 Å². The minimum Gasteiger partial charge on any atom is -0.0958 e. The highest BCUT2D eigenvalue weighted by Crippen LogP contribution is 2.43. The van der Waals surface area contributed by atoms with Crippen LogP contribution in [-0.2, 0) is 0 Å². The maximum Gasteiger partial charge on any atom is -0.00758 e. The van der Waals surface area contributed by atoms with Gasteiger partial charge in [-0.05, 0) is 62.7 Å². The predicted octanol–water partition coefficient (Wildman–Crippen LogP) is 6.99. The summed E-state index contributed by atoms with van der Waals surface area (Å²) < 4.78 is 0. The molecule has 0 saturated heterocycles. The van der Waals surface area contributed by atoms with Crippen LogP contribution < -0.4 is 0 Å². The second-order valence-corrected chi connectivity index (χ2v) is 6.91. The molecule has 20 heavy (non-hydrogen) atoms. The van der Waals surface area contributed by atoms with Crippen LogP contribution in [0.25, 0.3) is 0 Å². The molecular weight excluding hydrogens is 240 g/mol. The lowest BCUT2D eigenvalue weighted by molar-refractivity contribution is 0.323. The molecule has 1 fully saturated rings. The van der Waals surface area contributed by atoms with Gasteiger partial charge in [-0.1, -0.05) is 63.7 Å². The van der Waals surface area contributed by atoms with Crippen LogP contribution in [0.3, 0.4) is 0 Å². The predicted molar refractivity (Wildman–Crippen MR) is 92.0 cm³/mol. The molecule has 0 nitrogen and oxygen atoms in total. The summed E-state index contributed by atoms with van der Waals surface area (Å²) >= 11 is 0. The Labute approximate surface area is 127 Å². The van der Waals surface area contributed by atoms with Crippen LogP contribution in [0, 0.1) is 5.41 Å². The highest BCUT2D eigenvalue weighted by molar-refractivity contribution is 5.43. The summed E-state index contributed by atoms with van der Waals surface area (Å²) in [6.07, 6.45) is 13.5. The topological polar surface area (TPSA) is 0 Å². The Morgan fingerprint density at radius 2 is 1.30 bits per heavy atom. The van der Waals surface area contributed by atoms with Crippen molar-refractivity contribution in [3.8, 4) is 0 Å². The van der Waals surface area contributed by atoms with Gasteiger partial charge in [-0.15, -0.1) is 0 Å². The molecule has 1 rings (SSSR count). The fourth-order valence-electron chi connectivity index (χ4n) is 3.67. The zero-order valence-corrected chi connectivity index (χ0v) is 14.4. The second-order valence-electron chi connectivity index (χ2n) is 6.91. The molecule has 0 bridgehead atoms. The molecule has 0 spiro atoms. The van der Waals surface area contributed by atoms with E-state index >= 15 is 0 Å². The van der Waals surface area contributed by atoms with Crippen molar-refractivity contribution >= 4 is 0 Å². The van der Waals surface area contributed by atoms with Crippen LogP contribution in [0.4, 0.5) is 0 Å². The van der Waals surface area contributed by atoms with Gasteiger partial charge in [0.2, 0.25) is 0 Å². The third-order valence-electron chi connectivity index (χ3n) is 5.25. The molecule has 0 aromatic heterocycles. The normalized spacial score (nSPS) is 22.4. The van der Waals surface area contributed by atoms with Crippen molar-refractivity contribution in [3.63, 3.8) is 0 Å². The first-order valence-corrected chi connectivity index (χ1v) is 8.43. The maximum absolute atomic E-state index is 4.12. The lowest BCUT2D eigenvalue weighted by Crippen LogP contribution is -2.21. The summed E-state index contributed by atoms with van der Waals surface area (Å²) in [5.41, 5.74) is 5.97. The molecule has 114 valence electrons. The smallest absolute Gasteiger partial charge is 0.00758 e. The monoisotopic (exact) mass is 274 g/mol. The largest absolute Gasteiger partial charge is 0.0958 e. The SMILES string of the molecule is C=C(C)C(C)=C(C)C(=CC)C1(C)CCCCCCCC1. The first-order chi connectivity index (χ1) is 9.42. The molecule has 0 aromatic carbocycles. The molecule has 1 saturated carbocycles. The third kappa shape index (κ3) is 4.36. The molecule has 0 unspecified atom stereocenters. The molecule has 1 aliphatic rings. The van der Waals surface area contributed by atoms with E-state index in [1.54, 1.807) is 5.57 Å². The van der Waals surface area contributed by atoms with Crippen LogP contribution in [0.15, 0.2) is 34.9 Å². The Hall–Kier alpha value is -0.780. The molecule has 0 aromatic rings. The average Bonchev–Trinajstić information content (AvgIpc) is 2.51. The summed E-state index contributed by atoms with van der Waals surface area (Å²) in [6.45, 7) is 15.5. The maximum atomic E-state index is 4.12. The van der Waals surface area contributed by atoms with Crippen molar-refractivity contribution in [3.05, 3.63) is 34.9 Å². The quantitative estimate of drug-likeness (QED) is 0.487. The van der Waals surface area contributed by atoms with Crippen molar-refractivity contribution in [1.29, 1.82) is 0 Å². The molecule has 1 aliphatic carbocycles. The van der Waals surface area contributed by atoms with Gasteiger partial charge in [0, 0.05) is 0 Å². The number of hydrogen-bond acceptors (Lipinski definition) is 0. The van der Waals surface area contributed by atoms with Gasteiger partial charge >= 0.3 is 0 Å². The lowest BCUT2D eigenvalue weighted by atomic mass is 9.71. The fourth-order valence-corrected chi connectivity index (χ4v) is 3.67. The highest BCUT2D eigenvalue weighted by Gasteiger charge is 2.29. The van der Waals surface area contributed by atoms with E-state index in [2.05, 4.69) is 47.3 Å². The van der Waals surface area contributed by atoms with E-state index in [-0.39, 0.29) is 0 Å². The van der Waals surface area contributed by atoms with Gasteiger partial charge in [-0.3, -0.25) is 0 Å². The second kappa shape index (κ2) is 7.86. The van der Waals surface area contributed by atoms with Crippen LogP contribution >= 0.6 is 0 Å². The molecule has 0 radical (unpaired) electrons. The Kier molecular flexibility index (Phi) is 6.79. The Balaban J connectivity index is 3.06. The molecule has 0 aliphatic heterocycles. The van der Waals surface area contributed by atoms with Crippen molar-refractivity contribution < 1.29 is 0 Å². The van der Waals surface area contributed by atoms with E-state index in [0.29, 0.717) is 5.41 Å². The van der Waals surface area contributed by atoms with E-state index < -0.39 is 0 Å². The van der Waals surface area contributed by atoms with Gasteiger partial charge in [0.1, 0.15) is 0 Å². The molecule has 0 N–H and O–H groups in total. The summed E-state index contributed by atoms with van der Waals surface area (Å²) in [5, 5.41) is 0. The van der Waals surface area contributed by atoms with Crippen LogP contribution in [0.2, 0.25) is 0 Å². The Bertz CT molecular complexity index is 382. The van der Waals surface area contributed by atoms with Crippen molar-refractivity contribution in [2.45, 2.75) is 86.0 Å². The first kappa shape index (κ1) is 17.3. The summed E-state index contributed by atoms with van der Waals surface area (Å²) in [5.74, 6) is 0. The standard InChI is InChI=1S/C20H34/c1-7-19(18(5)17(4)16(2)3)20(6)14-12-10-8-9-11-13-15-20/h7H,2,8-15H2,1,3-6H3. The average molecular weight is 274 g/mol. The van der Waals surface area contributed by atoms with E-state index in [1.807, 2.05) is 0 Å². The summed E-state index contributed by atoms with van der Waals surface area (Å²) in [6, 6.07) is 0. The third-order valence-corrected chi connectivity index (χ3v) is 5.25. The van der Waals surface area contributed by atoms with Crippen LogP contribution in [-0.4, -0.2) is 0 Å². The molecule has 0 atom stereocenters. The van der Waals surface area contributed by atoms with Crippen LogP contribution in [0.5, 0.6) is 0 Å². The first-order valence-electron chi connectivity index (χ1n) is 8.43. The van der Waals surface area contributed by atoms with E-state index in [1.165, 1.54) is 68.1 Å². The molecule has 0 heteroatoms. The zero-order valence-electron chi connectivity index (χ0n) is 14.4. The molecule has 0 amide bonds. The van der Waals surface area contributed by atoms with Crippen molar-refractivity contribution in [2.75, 3.05) is 0 Å². The van der Waals surface area contributed by atoms with Crippen LogP contribution in [0.1, 0.15) is 86.0 Å². The Morgan fingerprint density at radius 1 is 0.850 bits per heavy atom. The van der Waals surface area contributed by atoms with E-state index in [0.717, 1.165) is 0 Å². The number of rotatable bonds is 3. The van der Waals surface area contributed by atoms with Crippen molar-refractivity contribution in [1.82, 2.24) is 0 Å². The van der Waals surface area contributed by atoms with Gasteiger partial charge in [-0.25, -0.2) is 0 Å². The Morgan fingerprint density at radius 3 is 1.70 bits per heavy atom. The lowest BCUT2D eigenvalue weighted by Gasteiger charge is -2.34. The molecular formula is C20H34. The van der Waals surface area contributed by atoms with Gasteiger partial charge in [0.15, 0.2) is 0 Å². The van der Waals surface area contributed by atoms with Gasteiger partial charge in [0.25, 0.3) is 0 Å². The summed E-state index contributed by atoms with van der Waals surface area (Å²) in [4.78, 5) is 0. The van der Waals surface area contributed by atoms with Gasteiger partial charge in [0.05, 0.1) is 0 Å². The minimum absolute atomic E-state index is 0.361. The highest BCUT2D eigenvalue weighted by atomic mass is 14.3. The van der Waals surface area contributed by atoms with Gasteiger partial charge in [-0.2, -0.15) is 0 Å². The minimum atomic E-state index is 0.361. The fraction of sp³-hybridized carbons (Fsp3) is 0.700. The van der Waals surface area contributed by atoms with E-state index in [4.69, 9.17) is 0 Å². The number of allylic oxidation sites excluding steroid dienone is 5. The number of hydrogen-bond donors (Lipinski definition) is 0. The molecule has 0 heterocycles. The van der Waals surface area contributed by atoms with Gasteiger partial charge < -0.3 is 0 Å². The zero-order chi connectivity index (χ0) is 15.2. The summed E-state index contributed by atoms with van der Waals surface area (Å²) in [7, 11) is 0.